The van der Waals surface area contributed by atoms with Crippen LogP contribution in [0.2, 0.25) is 0 Å². The number of nitrogens with one attached hydrogen (secondary N) is 3. The van der Waals surface area contributed by atoms with Gasteiger partial charge in [0.1, 0.15) is 17.6 Å². The largest absolute Gasteiger partial charge is 0.497 e. The fourth-order valence-electron chi connectivity index (χ4n) is 4.80. The fraction of sp³-hybridized carbons (Fsp3) is 0.344. The molecule has 5 amide bonds. The van der Waals surface area contributed by atoms with Crippen molar-refractivity contribution < 1.29 is 42.1 Å². The molecule has 0 spiro atoms. The van der Waals surface area contributed by atoms with E-state index >= 15 is 0 Å². The number of methoxy groups -OCH3 is 1. The molecule has 0 saturated carbocycles. The van der Waals surface area contributed by atoms with Crippen LogP contribution in [0.15, 0.2) is 66.7 Å². The number of carbonyl (C=O) groups is 3. The van der Waals surface area contributed by atoms with Crippen molar-refractivity contribution >= 4 is 35.0 Å². The summed E-state index contributed by atoms with van der Waals surface area (Å²) in [6, 6.07) is 13.8. The van der Waals surface area contributed by atoms with E-state index < -0.39 is 41.9 Å². The zero-order chi connectivity index (χ0) is 33.6. The molecule has 246 valence electrons. The molecule has 0 aliphatic carbocycles. The van der Waals surface area contributed by atoms with Crippen LogP contribution in [0.3, 0.4) is 0 Å². The van der Waals surface area contributed by atoms with Gasteiger partial charge in [0, 0.05) is 36.6 Å². The third kappa shape index (κ3) is 8.38. The molecule has 11 nitrogen and oxygen atoms in total. The smallest absolute Gasteiger partial charge is 0.416 e. The van der Waals surface area contributed by atoms with Gasteiger partial charge in [-0.25, -0.2) is 9.59 Å². The van der Waals surface area contributed by atoms with Crippen molar-refractivity contribution in [2.45, 2.75) is 32.2 Å². The number of ether oxygens (including phenoxy) is 2. The minimum absolute atomic E-state index is 0.0624. The molecule has 3 aromatic carbocycles. The summed E-state index contributed by atoms with van der Waals surface area (Å²) in [6.07, 6.45) is -5.12. The third-order valence-electron chi connectivity index (χ3n) is 7.53. The third-order valence-corrected chi connectivity index (χ3v) is 7.53. The second-order valence-electron chi connectivity index (χ2n) is 11.0. The number of rotatable bonds is 8. The molecule has 0 fully saturated rings. The Kier molecular flexibility index (Phi) is 10.6. The molecule has 0 bridgehead atoms. The van der Waals surface area contributed by atoms with Gasteiger partial charge in [0.25, 0.3) is 5.91 Å². The van der Waals surface area contributed by atoms with Crippen molar-refractivity contribution in [1.29, 1.82) is 0 Å². The summed E-state index contributed by atoms with van der Waals surface area (Å²) in [6.45, 7) is 3.51. The summed E-state index contributed by atoms with van der Waals surface area (Å²) >= 11 is 0. The number of alkyl halides is 3. The van der Waals surface area contributed by atoms with Crippen molar-refractivity contribution in [3.63, 3.8) is 0 Å². The Morgan fingerprint density at radius 1 is 1.02 bits per heavy atom. The SMILES string of the molecule is COc1ccc(NC(=O)Nc2ccc3c(c2)C(=O)N([C@@H](C)CO)C[C@H](C)[C@H](CN(C)C(=O)Nc2ccc(C(F)(F)F)cc2)O3)cc1. The predicted molar refractivity (Wildman–Crippen MR) is 166 cm³/mol. The van der Waals surface area contributed by atoms with Crippen molar-refractivity contribution in [1.82, 2.24) is 9.80 Å². The maximum Gasteiger partial charge on any atom is 0.416 e. The number of benzene rings is 3. The molecular formula is C32H36F3N5O6. The Morgan fingerprint density at radius 3 is 2.22 bits per heavy atom. The highest BCUT2D eigenvalue weighted by molar-refractivity contribution is 6.02. The van der Waals surface area contributed by atoms with Gasteiger partial charge in [-0.05, 0) is 73.7 Å². The Balaban J connectivity index is 1.51. The highest BCUT2D eigenvalue weighted by Gasteiger charge is 2.34. The van der Waals surface area contributed by atoms with Gasteiger partial charge >= 0.3 is 18.2 Å². The van der Waals surface area contributed by atoms with Gasteiger partial charge in [-0.2, -0.15) is 13.2 Å². The average Bonchev–Trinajstić information content (AvgIpc) is 3.02. The van der Waals surface area contributed by atoms with Crippen LogP contribution in [-0.2, 0) is 6.18 Å². The topological polar surface area (TPSA) is 132 Å². The van der Waals surface area contributed by atoms with Crippen LogP contribution in [0.4, 0.5) is 39.8 Å². The van der Waals surface area contributed by atoms with E-state index in [4.69, 9.17) is 9.47 Å². The Labute approximate surface area is 264 Å². The number of likely N-dealkylation sites (N-methyl/N-ethyl adjacent to an activating group) is 1. The lowest BCUT2D eigenvalue weighted by molar-refractivity contribution is -0.137. The van der Waals surface area contributed by atoms with Crippen molar-refractivity contribution in [3.8, 4) is 11.5 Å². The lowest BCUT2D eigenvalue weighted by Crippen LogP contribution is -2.50. The molecule has 4 rings (SSSR count). The standard InChI is InChI=1S/C32H36F3N5O6/c1-19-16-40(20(2)18-41)29(42)26-15-24(37-30(43)36-22-9-12-25(45-4)13-10-22)11-14-27(26)46-28(19)17-39(3)31(44)38-23-7-5-21(6-8-23)32(33,34)35/h5-15,19-20,28,41H,16-18H2,1-4H3,(H,38,44)(H2,36,37,43)/t19-,20-,28-/m0/s1. The van der Waals surface area contributed by atoms with E-state index in [0.29, 0.717) is 17.1 Å². The molecule has 3 aromatic rings. The van der Waals surface area contributed by atoms with E-state index in [1.807, 2.05) is 6.92 Å². The molecule has 3 atom stereocenters. The van der Waals surface area contributed by atoms with E-state index in [1.165, 1.54) is 42.2 Å². The number of hydrogen-bond donors (Lipinski definition) is 4. The van der Waals surface area contributed by atoms with Crippen molar-refractivity contribution in [2.75, 3.05) is 49.8 Å². The number of hydrogen-bond acceptors (Lipinski definition) is 6. The lowest BCUT2D eigenvalue weighted by atomic mass is 9.99. The second kappa shape index (κ2) is 14.4. The molecule has 1 heterocycles. The summed E-state index contributed by atoms with van der Waals surface area (Å²) in [5.41, 5.74) is 0.344. The molecule has 0 saturated heterocycles. The zero-order valence-electron chi connectivity index (χ0n) is 25.7. The molecular weight excluding hydrogens is 607 g/mol. The van der Waals surface area contributed by atoms with Crippen LogP contribution in [0, 0.1) is 5.92 Å². The van der Waals surface area contributed by atoms with Crippen LogP contribution in [0.1, 0.15) is 29.8 Å². The highest BCUT2D eigenvalue weighted by Crippen LogP contribution is 2.32. The maximum atomic E-state index is 13.7. The van der Waals surface area contributed by atoms with E-state index in [2.05, 4.69) is 16.0 Å². The summed E-state index contributed by atoms with van der Waals surface area (Å²) in [7, 11) is 3.05. The van der Waals surface area contributed by atoms with E-state index in [0.717, 1.165) is 12.1 Å². The number of amides is 5. The normalized spacial score (nSPS) is 17.0. The number of anilines is 3. The molecule has 1 aliphatic heterocycles. The number of halogens is 3. The number of carbonyl (C=O) groups excluding carboxylic acids is 3. The number of fused-ring (bicyclic) bond motifs is 1. The number of urea groups is 2. The predicted octanol–water partition coefficient (Wildman–Crippen LogP) is 5.74. The first-order valence-corrected chi connectivity index (χ1v) is 14.4. The van der Waals surface area contributed by atoms with Crippen LogP contribution in [-0.4, -0.2) is 78.9 Å². The average molecular weight is 644 g/mol. The monoisotopic (exact) mass is 643 g/mol. The molecule has 46 heavy (non-hydrogen) atoms. The van der Waals surface area contributed by atoms with Gasteiger partial charge in [0.05, 0.1) is 37.4 Å². The first kappa shape index (κ1) is 33.9. The van der Waals surface area contributed by atoms with Crippen molar-refractivity contribution in [2.24, 2.45) is 5.92 Å². The molecule has 1 aliphatic rings. The summed E-state index contributed by atoms with van der Waals surface area (Å²) in [4.78, 5) is 42.2. The van der Waals surface area contributed by atoms with Gasteiger partial charge in [0.15, 0.2) is 0 Å². The van der Waals surface area contributed by atoms with Gasteiger partial charge in [-0.1, -0.05) is 6.92 Å². The zero-order valence-corrected chi connectivity index (χ0v) is 25.7. The second-order valence-corrected chi connectivity index (χ2v) is 11.0. The minimum atomic E-state index is -4.50. The van der Waals surface area contributed by atoms with Crippen LogP contribution >= 0.6 is 0 Å². The molecule has 14 heteroatoms. The van der Waals surface area contributed by atoms with E-state index in [9.17, 15) is 32.7 Å². The number of aliphatic hydroxyl groups is 1. The van der Waals surface area contributed by atoms with Crippen LogP contribution in [0.25, 0.3) is 0 Å². The molecule has 0 aromatic heterocycles. The Hall–Kier alpha value is -4.98. The van der Waals surface area contributed by atoms with Crippen LogP contribution < -0.4 is 25.4 Å². The first-order chi connectivity index (χ1) is 21.8. The highest BCUT2D eigenvalue weighted by atomic mass is 19.4. The maximum absolute atomic E-state index is 13.7. The summed E-state index contributed by atoms with van der Waals surface area (Å²) in [5, 5.41) is 17.9. The quantitative estimate of drug-likeness (QED) is 0.248. The molecule has 0 unspecified atom stereocenters. The van der Waals surface area contributed by atoms with Gasteiger partial charge in [0.2, 0.25) is 0 Å². The number of nitrogens with zero attached hydrogens (tertiary/aromatic N) is 2. The van der Waals surface area contributed by atoms with Crippen LogP contribution in [0.5, 0.6) is 11.5 Å². The van der Waals surface area contributed by atoms with E-state index in [-0.39, 0.29) is 42.6 Å². The minimum Gasteiger partial charge on any atom is -0.497 e. The lowest BCUT2D eigenvalue weighted by Gasteiger charge is -2.38. The number of aliphatic hydroxyl groups excluding tert-OH is 1. The van der Waals surface area contributed by atoms with Gasteiger partial charge in [-0.15, -0.1) is 0 Å². The summed E-state index contributed by atoms with van der Waals surface area (Å²) < 4.78 is 50.1. The van der Waals surface area contributed by atoms with E-state index in [1.54, 1.807) is 43.3 Å². The molecule has 4 N–H and O–H groups in total. The van der Waals surface area contributed by atoms with Gasteiger partial charge in [-0.3, -0.25) is 4.79 Å². The Morgan fingerprint density at radius 2 is 1.61 bits per heavy atom. The Bertz CT molecular complexity index is 1530. The first-order valence-electron chi connectivity index (χ1n) is 14.4. The van der Waals surface area contributed by atoms with Gasteiger partial charge < -0.3 is 40.3 Å². The van der Waals surface area contributed by atoms with Crippen molar-refractivity contribution in [3.05, 3.63) is 77.9 Å². The molecule has 0 radical (unpaired) electrons. The summed E-state index contributed by atoms with van der Waals surface area (Å²) in [5.74, 6) is 0.135. The fourth-order valence-corrected chi connectivity index (χ4v) is 4.80.